The normalized spacial score (nSPS) is 23.4. The van der Waals surface area contributed by atoms with E-state index < -0.39 is 101 Å². The molecule has 2 heterocycles. The SMILES string of the molecule is [2H]c1c(CC(=O)C2(c3ccc4c(c3)OC(F)(F)O4)CC2)c(F)c([2H])c2c1c([2H])c(C(C)(CC)C([2H])([2H])[2H])n2C([2H])([2H])[C@@H](O)CO. The minimum Gasteiger partial charge on any atom is -0.395 e. The molecule has 1 aromatic heterocycles. The van der Waals surface area contributed by atoms with Crippen LogP contribution in [0.15, 0.2) is 36.3 Å². The first-order valence-electron chi connectivity index (χ1n) is 15.7. The summed E-state index contributed by atoms with van der Waals surface area (Å²) in [6, 6.07) is 1.33. The predicted molar refractivity (Wildman–Crippen MR) is 131 cm³/mol. The van der Waals surface area contributed by atoms with Crippen molar-refractivity contribution in [1.82, 2.24) is 4.57 Å². The monoisotopic (exact) mass is 525 g/mol. The minimum atomic E-state index is -3.88. The van der Waals surface area contributed by atoms with Crippen molar-refractivity contribution in [3.63, 3.8) is 0 Å². The Balaban J connectivity index is 1.69. The highest BCUT2D eigenvalue weighted by molar-refractivity contribution is 5.95. The fourth-order valence-corrected chi connectivity index (χ4v) is 4.47. The van der Waals surface area contributed by atoms with Gasteiger partial charge in [0.05, 0.1) is 37.0 Å². The molecular formula is C28H30F3NO5. The van der Waals surface area contributed by atoms with Gasteiger partial charge < -0.3 is 24.3 Å². The zero-order valence-electron chi connectivity index (χ0n) is 28.0. The van der Waals surface area contributed by atoms with Gasteiger partial charge in [0.1, 0.15) is 11.6 Å². The number of ketones is 1. The summed E-state index contributed by atoms with van der Waals surface area (Å²) in [7, 11) is 0. The van der Waals surface area contributed by atoms with Crippen LogP contribution in [0.4, 0.5) is 13.2 Å². The fourth-order valence-electron chi connectivity index (χ4n) is 4.47. The lowest BCUT2D eigenvalue weighted by Gasteiger charge is -2.26. The molecule has 2 atom stereocenters. The molecule has 0 radical (unpaired) electrons. The van der Waals surface area contributed by atoms with Gasteiger partial charge in [-0.05, 0) is 60.6 Å². The van der Waals surface area contributed by atoms with Gasteiger partial charge in [-0.2, -0.15) is 0 Å². The van der Waals surface area contributed by atoms with Crippen molar-refractivity contribution in [2.45, 2.75) is 76.1 Å². The molecule has 3 aromatic rings. The lowest BCUT2D eigenvalue weighted by Crippen LogP contribution is -2.26. The van der Waals surface area contributed by atoms with E-state index in [4.69, 9.17) is 11.0 Å². The van der Waals surface area contributed by atoms with Crippen molar-refractivity contribution in [2.24, 2.45) is 0 Å². The number of aromatic nitrogens is 1. The first-order chi connectivity index (χ1) is 20.7. The predicted octanol–water partition coefficient (Wildman–Crippen LogP) is 4.99. The Morgan fingerprint density at radius 3 is 2.68 bits per heavy atom. The third-order valence-corrected chi connectivity index (χ3v) is 6.95. The van der Waals surface area contributed by atoms with Crippen LogP contribution in [-0.2, 0) is 28.5 Å². The molecule has 1 aliphatic carbocycles. The van der Waals surface area contributed by atoms with E-state index in [-0.39, 0.29) is 30.8 Å². The number of hydrogen-bond acceptors (Lipinski definition) is 5. The van der Waals surface area contributed by atoms with E-state index in [1.54, 1.807) is 0 Å². The average Bonchev–Trinajstić information content (AvgIpc) is 3.62. The highest BCUT2D eigenvalue weighted by Crippen LogP contribution is 2.52. The standard InChI is InChI=1S/C28H30F3NO5/c1-4-26(2,3)24-10-17-9-16(20(29)13-21(17)32(24)14-19(34)15-33)11-25(35)27(7-8-27)18-5-6-22-23(12-18)37-28(30,31)36-22/h5-6,9-10,12-13,19,33-34H,4,7-8,11,14-15H2,1-3H3/t19-/m1/s1/i2D3,9D,10D,13D,14D2/t19-,26?. The maximum absolute atomic E-state index is 16.0. The third-order valence-electron chi connectivity index (χ3n) is 6.95. The van der Waals surface area contributed by atoms with Crippen LogP contribution >= 0.6 is 0 Å². The van der Waals surface area contributed by atoms with E-state index >= 15 is 4.39 Å². The Bertz CT molecular complexity index is 1720. The van der Waals surface area contributed by atoms with Crippen molar-refractivity contribution in [1.29, 1.82) is 0 Å². The number of aliphatic hydroxyl groups excluding tert-OH is 2. The molecule has 37 heavy (non-hydrogen) atoms. The van der Waals surface area contributed by atoms with Gasteiger partial charge in [0.2, 0.25) is 0 Å². The Kier molecular flexibility index (Phi) is 4.14. The van der Waals surface area contributed by atoms with E-state index in [1.165, 1.54) is 32.0 Å². The highest BCUT2D eigenvalue weighted by atomic mass is 19.3. The third kappa shape index (κ3) is 4.48. The van der Waals surface area contributed by atoms with Crippen LogP contribution in [0.2, 0.25) is 0 Å². The van der Waals surface area contributed by atoms with Gasteiger partial charge in [0, 0.05) is 27.0 Å². The van der Waals surface area contributed by atoms with Gasteiger partial charge >= 0.3 is 6.29 Å². The Labute approximate surface area is 223 Å². The van der Waals surface area contributed by atoms with Gasteiger partial charge in [-0.25, -0.2) is 4.39 Å². The van der Waals surface area contributed by atoms with Crippen molar-refractivity contribution in [2.75, 3.05) is 6.61 Å². The van der Waals surface area contributed by atoms with E-state index in [0.29, 0.717) is 10.1 Å². The highest BCUT2D eigenvalue weighted by Gasteiger charge is 2.52. The largest absolute Gasteiger partial charge is 0.586 e. The molecule has 0 saturated heterocycles. The van der Waals surface area contributed by atoms with Gasteiger partial charge in [0.15, 0.2) is 11.5 Å². The van der Waals surface area contributed by atoms with E-state index in [9.17, 15) is 23.8 Å². The van der Waals surface area contributed by atoms with Crippen LogP contribution in [0.5, 0.6) is 11.5 Å². The number of Topliss-reactive ketones (excluding diaryl/α,β-unsaturated/α-hetero) is 1. The summed E-state index contributed by atoms with van der Waals surface area (Å²) in [5.74, 6) is -2.54. The Morgan fingerprint density at radius 1 is 1.30 bits per heavy atom. The molecule has 9 heteroatoms. The van der Waals surface area contributed by atoms with Crippen LogP contribution in [0, 0.1) is 5.82 Å². The summed E-state index contributed by atoms with van der Waals surface area (Å²) in [5, 5.41) is 19.5. The van der Waals surface area contributed by atoms with E-state index in [2.05, 4.69) is 9.47 Å². The number of fused-ring (bicyclic) bond motifs is 2. The summed E-state index contributed by atoms with van der Waals surface area (Å²) in [6.45, 7) is -4.41. The summed E-state index contributed by atoms with van der Waals surface area (Å²) in [5.41, 5.74) is -4.76. The smallest absolute Gasteiger partial charge is 0.395 e. The van der Waals surface area contributed by atoms with Gasteiger partial charge in [0.25, 0.3) is 0 Å². The number of aliphatic hydroxyl groups is 2. The molecule has 6 nitrogen and oxygen atoms in total. The fraction of sp³-hybridized carbons (Fsp3) is 0.464. The molecule has 1 aliphatic heterocycles. The number of carbonyl (C=O) groups is 1. The summed E-state index contributed by atoms with van der Waals surface area (Å²) < 4.78 is 121. The second-order valence-electron chi connectivity index (χ2n) is 9.60. The number of hydrogen-bond donors (Lipinski definition) is 2. The molecular weight excluding hydrogens is 487 g/mol. The molecule has 5 rings (SSSR count). The summed E-state index contributed by atoms with van der Waals surface area (Å²) in [6.07, 6.45) is -6.50. The lowest BCUT2D eigenvalue weighted by molar-refractivity contribution is -0.286. The first-order valence-corrected chi connectivity index (χ1v) is 11.7. The number of halogens is 3. The van der Waals surface area contributed by atoms with Crippen molar-refractivity contribution in [3.8, 4) is 11.5 Å². The van der Waals surface area contributed by atoms with Crippen molar-refractivity contribution < 1.29 is 48.6 Å². The maximum atomic E-state index is 16.0. The molecule has 2 aliphatic rings. The molecule has 0 spiro atoms. The number of rotatable bonds is 9. The molecule has 2 aromatic carbocycles. The lowest BCUT2D eigenvalue weighted by atomic mass is 9.86. The molecule has 0 bridgehead atoms. The van der Waals surface area contributed by atoms with Crippen molar-refractivity contribution >= 4 is 16.7 Å². The maximum Gasteiger partial charge on any atom is 0.586 e. The zero-order valence-corrected chi connectivity index (χ0v) is 20.0. The average molecular weight is 526 g/mol. The van der Waals surface area contributed by atoms with Gasteiger partial charge in [-0.1, -0.05) is 26.8 Å². The van der Waals surface area contributed by atoms with Crippen LogP contribution in [-0.4, -0.2) is 39.6 Å². The molecule has 1 unspecified atom stereocenters. The van der Waals surface area contributed by atoms with Crippen LogP contribution in [0.25, 0.3) is 10.9 Å². The number of carbonyl (C=O) groups excluding carboxylic acids is 1. The molecule has 1 saturated carbocycles. The molecule has 0 amide bonds. The first kappa shape index (κ1) is 17.5. The second kappa shape index (κ2) is 8.77. The number of ether oxygens (including phenoxy) is 2. The minimum absolute atomic E-state index is 0.199. The van der Waals surface area contributed by atoms with E-state index in [0.717, 1.165) is 0 Å². The summed E-state index contributed by atoms with van der Waals surface area (Å²) in [4.78, 5) is 13.7. The van der Waals surface area contributed by atoms with E-state index in [1.807, 2.05) is 0 Å². The molecule has 1 fully saturated rings. The Morgan fingerprint density at radius 2 is 2.03 bits per heavy atom. The Hall–Kier alpha value is -3.04. The zero-order chi connectivity index (χ0) is 33.7. The van der Waals surface area contributed by atoms with Crippen molar-refractivity contribution in [3.05, 3.63) is 59.0 Å². The number of nitrogens with zero attached hydrogens (tertiary/aromatic N) is 1. The number of benzene rings is 2. The topological polar surface area (TPSA) is 80.9 Å². The number of alkyl halides is 2. The van der Waals surface area contributed by atoms with Crippen LogP contribution < -0.4 is 9.47 Å². The molecule has 2 N–H and O–H groups in total. The quantitative estimate of drug-likeness (QED) is 0.412. The van der Waals surface area contributed by atoms with Crippen LogP contribution in [0.3, 0.4) is 0 Å². The van der Waals surface area contributed by atoms with Gasteiger partial charge in [-0.3, -0.25) is 4.79 Å². The van der Waals surface area contributed by atoms with Crippen LogP contribution in [0.1, 0.15) is 67.7 Å². The second-order valence-corrected chi connectivity index (χ2v) is 9.60. The summed E-state index contributed by atoms with van der Waals surface area (Å²) >= 11 is 0. The van der Waals surface area contributed by atoms with Gasteiger partial charge in [-0.15, -0.1) is 8.78 Å². The molecule has 198 valence electrons.